The second-order valence-electron chi connectivity index (χ2n) is 8.05. The molecule has 4 rings (SSSR count). The average molecular weight is 406 g/mol. The third-order valence-corrected chi connectivity index (χ3v) is 5.86. The summed E-state index contributed by atoms with van der Waals surface area (Å²) in [5.74, 6) is 0.466. The molecule has 1 N–H and O–H groups in total. The molecule has 2 aromatic carbocycles. The molecule has 6 heteroatoms. The minimum absolute atomic E-state index is 0.00328. The summed E-state index contributed by atoms with van der Waals surface area (Å²) >= 11 is 0. The van der Waals surface area contributed by atoms with Gasteiger partial charge in [-0.2, -0.15) is 0 Å². The molecule has 156 valence electrons. The van der Waals surface area contributed by atoms with Crippen LogP contribution in [-0.2, 0) is 16.0 Å². The lowest BCUT2D eigenvalue weighted by atomic mass is 9.88. The number of nitrogens with zero attached hydrogens (tertiary/aromatic N) is 1. The van der Waals surface area contributed by atoms with Crippen LogP contribution >= 0.6 is 0 Å². The lowest BCUT2D eigenvalue weighted by Crippen LogP contribution is -2.40. The van der Waals surface area contributed by atoms with Crippen molar-refractivity contribution in [2.24, 2.45) is 5.92 Å². The summed E-state index contributed by atoms with van der Waals surface area (Å²) in [4.78, 5) is 38.9. The highest BCUT2D eigenvalue weighted by molar-refractivity contribution is 6.01. The Morgan fingerprint density at radius 2 is 1.83 bits per heavy atom. The van der Waals surface area contributed by atoms with E-state index in [-0.39, 0.29) is 30.1 Å². The van der Waals surface area contributed by atoms with E-state index in [1.54, 1.807) is 18.2 Å². The van der Waals surface area contributed by atoms with E-state index in [0.29, 0.717) is 49.4 Å². The molecule has 0 aliphatic carbocycles. The molecule has 1 saturated heterocycles. The van der Waals surface area contributed by atoms with E-state index >= 15 is 0 Å². The van der Waals surface area contributed by atoms with E-state index in [4.69, 9.17) is 4.74 Å². The number of benzene rings is 2. The summed E-state index contributed by atoms with van der Waals surface area (Å²) < 4.78 is 5.35. The fourth-order valence-corrected chi connectivity index (χ4v) is 4.03. The van der Waals surface area contributed by atoms with Crippen LogP contribution in [-0.4, -0.2) is 42.2 Å². The van der Waals surface area contributed by atoms with Gasteiger partial charge in [0.2, 0.25) is 5.91 Å². The lowest BCUT2D eigenvalue weighted by Gasteiger charge is -2.31. The maximum Gasteiger partial charge on any atom is 0.262 e. The topological polar surface area (TPSA) is 75.7 Å². The van der Waals surface area contributed by atoms with Crippen LogP contribution in [0.25, 0.3) is 0 Å². The van der Waals surface area contributed by atoms with Crippen molar-refractivity contribution in [1.82, 2.24) is 4.90 Å². The van der Waals surface area contributed by atoms with Gasteiger partial charge >= 0.3 is 0 Å². The van der Waals surface area contributed by atoms with Gasteiger partial charge < -0.3 is 15.0 Å². The molecule has 2 heterocycles. The summed E-state index contributed by atoms with van der Waals surface area (Å²) in [5, 5.41) is 2.74. The summed E-state index contributed by atoms with van der Waals surface area (Å²) in [6, 6.07) is 13.4. The van der Waals surface area contributed by atoms with E-state index < -0.39 is 0 Å². The van der Waals surface area contributed by atoms with Gasteiger partial charge in [-0.25, -0.2) is 0 Å². The Morgan fingerprint density at radius 3 is 2.57 bits per heavy atom. The highest BCUT2D eigenvalue weighted by Crippen LogP contribution is 2.31. The van der Waals surface area contributed by atoms with Crippen molar-refractivity contribution in [1.29, 1.82) is 0 Å². The molecule has 0 saturated carbocycles. The molecule has 1 fully saturated rings. The van der Waals surface area contributed by atoms with Crippen molar-refractivity contribution in [2.45, 2.75) is 32.6 Å². The SMILES string of the molecule is Cc1ccc(CCC(=O)N2CCC(C(=O)c3ccc4c(c3)NC(=O)CO4)CC2)cc1. The quantitative estimate of drug-likeness (QED) is 0.773. The van der Waals surface area contributed by atoms with Crippen molar-refractivity contribution in [3.05, 3.63) is 59.2 Å². The zero-order valence-corrected chi connectivity index (χ0v) is 17.1. The number of anilines is 1. The van der Waals surface area contributed by atoms with E-state index in [9.17, 15) is 14.4 Å². The number of rotatable bonds is 5. The van der Waals surface area contributed by atoms with Gasteiger partial charge in [0.05, 0.1) is 5.69 Å². The van der Waals surface area contributed by atoms with Crippen molar-refractivity contribution in [2.75, 3.05) is 25.0 Å². The first kappa shape index (κ1) is 20.1. The number of piperidine rings is 1. The first-order valence-corrected chi connectivity index (χ1v) is 10.4. The molecule has 0 spiro atoms. The Kier molecular flexibility index (Phi) is 5.84. The summed E-state index contributed by atoms with van der Waals surface area (Å²) in [5.41, 5.74) is 3.50. The standard InChI is InChI=1S/C24H26N2O4/c1-16-2-4-17(5-3-16)6-9-23(28)26-12-10-18(11-13-26)24(29)19-7-8-21-20(14-19)25-22(27)15-30-21/h2-5,7-8,14,18H,6,9-13,15H2,1H3,(H,25,27). The normalized spacial score (nSPS) is 16.4. The van der Waals surface area contributed by atoms with Gasteiger partial charge in [0.1, 0.15) is 5.75 Å². The molecule has 2 aliphatic rings. The fraction of sp³-hybridized carbons (Fsp3) is 0.375. The maximum absolute atomic E-state index is 12.9. The zero-order chi connectivity index (χ0) is 21.1. The Bertz CT molecular complexity index is 960. The number of amides is 2. The Morgan fingerprint density at radius 1 is 1.10 bits per heavy atom. The van der Waals surface area contributed by atoms with Gasteiger partial charge in [0.15, 0.2) is 12.4 Å². The monoisotopic (exact) mass is 406 g/mol. The van der Waals surface area contributed by atoms with Gasteiger partial charge in [-0.05, 0) is 49.9 Å². The molecule has 2 aliphatic heterocycles. The number of carbonyl (C=O) groups excluding carboxylic acids is 3. The Labute approximate surface area is 176 Å². The number of carbonyl (C=O) groups is 3. The van der Waals surface area contributed by atoms with E-state index in [2.05, 4.69) is 29.6 Å². The van der Waals surface area contributed by atoms with E-state index in [1.807, 2.05) is 11.8 Å². The van der Waals surface area contributed by atoms with Gasteiger partial charge in [-0.3, -0.25) is 14.4 Å². The van der Waals surface area contributed by atoms with Crippen LogP contribution in [0.1, 0.15) is 40.7 Å². The minimum atomic E-state index is -0.218. The zero-order valence-electron chi connectivity index (χ0n) is 17.1. The predicted molar refractivity (Wildman–Crippen MR) is 114 cm³/mol. The van der Waals surface area contributed by atoms with Crippen molar-refractivity contribution < 1.29 is 19.1 Å². The van der Waals surface area contributed by atoms with Crippen LogP contribution in [0.3, 0.4) is 0 Å². The number of fused-ring (bicyclic) bond motifs is 1. The number of Topliss-reactive ketones (excluding diaryl/α,β-unsaturated/α-hetero) is 1. The van der Waals surface area contributed by atoms with Crippen molar-refractivity contribution in [3.63, 3.8) is 0 Å². The van der Waals surface area contributed by atoms with Crippen LogP contribution in [0.4, 0.5) is 5.69 Å². The molecule has 30 heavy (non-hydrogen) atoms. The van der Waals surface area contributed by atoms with Crippen LogP contribution in [0.2, 0.25) is 0 Å². The van der Waals surface area contributed by atoms with Gasteiger partial charge in [0.25, 0.3) is 5.91 Å². The van der Waals surface area contributed by atoms with E-state index in [0.717, 1.165) is 6.42 Å². The predicted octanol–water partition coefficient (Wildman–Crippen LogP) is 3.38. The van der Waals surface area contributed by atoms with Crippen LogP contribution in [0.5, 0.6) is 5.75 Å². The number of nitrogens with one attached hydrogen (secondary N) is 1. The second-order valence-corrected chi connectivity index (χ2v) is 8.05. The Balaban J connectivity index is 1.30. The largest absolute Gasteiger partial charge is 0.482 e. The molecule has 2 aromatic rings. The number of ketones is 1. The lowest BCUT2D eigenvalue weighted by molar-refractivity contribution is -0.132. The van der Waals surface area contributed by atoms with Gasteiger partial charge in [0, 0.05) is 31.0 Å². The number of likely N-dealkylation sites (tertiary alicyclic amines) is 1. The molecular formula is C24H26N2O4. The van der Waals surface area contributed by atoms with Crippen molar-refractivity contribution in [3.8, 4) is 5.75 Å². The fourth-order valence-electron chi connectivity index (χ4n) is 4.03. The van der Waals surface area contributed by atoms with Crippen molar-refractivity contribution >= 4 is 23.3 Å². The number of hydrogen-bond acceptors (Lipinski definition) is 4. The van der Waals surface area contributed by atoms with Crippen LogP contribution < -0.4 is 10.1 Å². The Hall–Kier alpha value is -3.15. The minimum Gasteiger partial charge on any atom is -0.482 e. The molecule has 6 nitrogen and oxygen atoms in total. The van der Waals surface area contributed by atoms with Gasteiger partial charge in [-0.15, -0.1) is 0 Å². The molecule has 0 radical (unpaired) electrons. The molecule has 0 aromatic heterocycles. The first-order valence-electron chi connectivity index (χ1n) is 10.4. The summed E-state index contributed by atoms with van der Waals surface area (Å²) in [7, 11) is 0. The number of ether oxygens (including phenoxy) is 1. The van der Waals surface area contributed by atoms with Gasteiger partial charge in [-0.1, -0.05) is 29.8 Å². The molecule has 0 bridgehead atoms. The number of hydrogen-bond donors (Lipinski definition) is 1. The smallest absolute Gasteiger partial charge is 0.262 e. The second kappa shape index (κ2) is 8.69. The van der Waals surface area contributed by atoms with E-state index in [1.165, 1.54) is 11.1 Å². The van der Waals surface area contributed by atoms with Crippen LogP contribution in [0, 0.1) is 12.8 Å². The first-order chi connectivity index (χ1) is 14.5. The van der Waals surface area contributed by atoms with Crippen LogP contribution in [0.15, 0.2) is 42.5 Å². The third kappa shape index (κ3) is 4.53. The third-order valence-electron chi connectivity index (χ3n) is 5.86. The summed E-state index contributed by atoms with van der Waals surface area (Å²) in [6.07, 6.45) is 2.55. The molecule has 0 unspecified atom stereocenters. The summed E-state index contributed by atoms with van der Waals surface area (Å²) in [6.45, 7) is 3.26. The maximum atomic E-state index is 12.9. The molecular weight excluding hydrogens is 380 g/mol. The number of aryl methyl sites for hydroxylation is 2. The highest BCUT2D eigenvalue weighted by atomic mass is 16.5. The highest BCUT2D eigenvalue weighted by Gasteiger charge is 2.28. The average Bonchev–Trinajstić information content (AvgIpc) is 2.77. The molecule has 0 atom stereocenters. The molecule has 2 amide bonds.